The number of fused-ring (bicyclic) bond motifs is 1. The molecular weight excluding hydrogens is 330 g/mol. The largest absolute Gasteiger partial charge is 0.268 e. The molecule has 0 fully saturated rings. The molecule has 0 saturated carbocycles. The second kappa shape index (κ2) is 7.54. The van der Waals surface area contributed by atoms with Crippen molar-refractivity contribution in [3.63, 3.8) is 0 Å². The van der Waals surface area contributed by atoms with Crippen LogP contribution in [0.4, 0.5) is 0 Å². The Kier molecular flexibility index (Phi) is 5.20. The van der Waals surface area contributed by atoms with Crippen LogP contribution in [-0.2, 0) is 0 Å². The minimum absolute atomic E-state index is 0.0536. The summed E-state index contributed by atoms with van der Waals surface area (Å²) in [6, 6.07) is 15.5. The number of benzene rings is 2. The highest BCUT2D eigenvalue weighted by Crippen LogP contribution is 2.25. The van der Waals surface area contributed by atoms with Crippen molar-refractivity contribution in [3.8, 4) is 11.8 Å². The molecule has 0 N–H and O–H groups in total. The molecule has 0 aliphatic rings. The third-order valence-corrected chi connectivity index (χ3v) is 5.25. The van der Waals surface area contributed by atoms with E-state index in [-0.39, 0.29) is 5.56 Å². The summed E-state index contributed by atoms with van der Waals surface area (Å²) in [4.78, 5) is 17.9. The van der Waals surface area contributed by atoms with Gasteiger partial charge < -0.3 is 0 Å². The van der Waals surface area contributed by atoms with E-state index in [1.165, 1.54) is 11.8 Å². The molecule has 5 heteroatoms. The lowest BCUT2D eigenvalue weighted by atomic mass is 10.1. The average Bonchev–Trinajstić information content (AvgIpc) is 2.62. The molecule has 1 heterocycles. The topological polar surface area (TPSA) is 58.7 Å². The number of aryl methyl sites for hydroxylation is 1. The summed E-state index contributed by atoms with van der Waals surface area (Å²) in [5, 5.41) is 10.0. The number of hydrogen-bond acceptors (Lipinski definition) is 4. The van der Waals surface area contributed by atoms with Crippen molar-refractivity contribution in [3.05, 3.63) is 63.9 Å². The Hall–Kier alpha value is -2.58. The lowest BCUT2D eigenvalue weighted by Gasteiger charge is -2.16. The summed E-state index contributed by atoms with van der Waals surface area (Å²) in [6.45, 7) is 4.06. The van der Waals surface area contributed by atoms with Gasteiger partial charge in [-0.2, -0.15) is 5.26 Å². The smallest absolute Gasteiger partial charge is 0.266 e. The first-order chi connectivity index (χ1) is 12.1. The maximum atomic E-state index is 13.2. The molecule has 0 aliphatic carbocycles. The maximum Gasteiger partial charge on any atom is 0.266 e. The lowest BCUT2D eigenvalue weighted by Crippen LogP contribution is -2.22. The van der Waals surface area contributed by atoms with Gasteiger partial charge >= 0.3 is 0 Å². The number of rotatable bonds is 5. The first kappa shape index (κ1) is 17.2. The van der Waals surface area contributed by atoms with E-state index in [0.29, 0.717) is 22.5 Å². The van der Waals surface area contributed by atoms with E-state index in [2.05, 4.69) is 6.07 Å². The molecule has 0 spiro atoms. The zero-order valence-electron chi connectivity index (χ0n) is 14.3. The van der Waals surface area contributed by atoms with Gasteiger partial charge in [0.05, 0.1) is 22.7 Å². The van der Waals surface area contributed by atoms with Crippen LogP contribution in [0.15, 0.2) is 52.4 Å². The quantitative estimate of drug-likeness (QED) is 0.389. The van der Waals surface area contributed by atoms with Crippen LogP contribution in [0.25, 0.3) is 16.6 Å². The van der Waals surface area contributed by atoms with Gasteiger partial charge in [0.2, 0.25) is 0 Å². The Morgan fingerprint density at radius 1 is 1.16 bits per heavy atom. The van der Waals surface area contributed by atoms with Crippen LogP contribution < -0.4 is 5.56 Å². The molecule has 0 aliphatic heterocycles. The summed E-state index contributed by atoms with van der Waals surface area (Å²) in [5.74, 6) is 0.753. The number of unbranched alkanes of at least 4 members (excludes halogenated alkanes) is 1. The number of nitrogens with zero attached hydrogens (tertiary/aromatic N) is 3. The predicted octanol–water partition coefficient (Wildman–Crippen LogP) is 4.40. The Balaban J connectivity index is 2.20. The molecule has 0 bridgehead atoms. The van der Waals surface area contributed by atoms with E-state index in [1.54, 1.807) is 4.57 Å². The van der Waals surface area contributed by atoms with Gasteiger partial charge in [-0.1, -0.05) is 36.0 Å². The molecule has 0 atom stereocenters. The van der Waals surface area contributed by atoms with Crippen LogP contribution in [0.5, 0.6) is 0 Å². The van der Waals surface area contributed by atoms with Crippen molar-refractivity contribution < 1.29 is 0 Å². The van der Waals surface area contributed by atoms with Crippen molar-refractivity contribution in [1.29, 1.82) is 5.26 Å². The van der Waals surface area contributed by atoms with Crippen molar-refractivity contribution in [2.24, 2.45) is 0 Å². The number of aromatic nitrogens is 2. The Morgan fingerprint density at radius 3 is 2.76 bits per heavy atom. The van der Waals surface area contributed by atoms with Crippen LogP contribution in [-0.4, -0.2) is 15.3 Å². The van der Waals surface area contributed by atoms with Crippen LogP contribution >= 0.6 is 11.8 Å². The third-order valence-electron chi connectivity index (χ3n) is 4.23. The summed E-state index contributed by atoms with van der Waals surface area (Å²) < 4.78 is 1.71. The van der Waals surface area contributed by atoms with Crippen molar-refractivity contribution >= 4 is 22.7 Å². The molecule has 0 unspecified atom stereocenters. The highest BCUT2D eigenvalue weighted by Gasteiger charge is 2.15. The van der Waals surface area contributed by atoms with Gasteiger partial charge in [0.1, 0.15) is 0 Å². The second-order valence-corrected chi connectivity index (χ2v) is 6.94. The Labute approximate surface area is 151 Å². The predicted molar refractivity (Wildman–Crippen MR) is 102 cm³/mol. The summed E-state index contributed by atoms with van der Waals surface area (Å²) >= 11 is 1.53. The minimum atomic E-state index is -0.0536. The highest BCUT2D eigenvalue weighted by atomic mass is 32.2. The molecule has 2 aromatic carbocycles. The molecule has 3 rings (SSSR count). The van der Waals surface area contributed by atoms with Gasteiger partial charge in [-0.25, -0.2) is 4.98 Å². The van der Waals surface area contributed by atoms with Crippen molar-refractivity contribution in [2.75, 3.05) is 5.75 Å². The fourth-order valence-corrected chi connectivity index (χ4v) is 3.66. The van der Waals surface area contributed by atoms with E-state index < -0.39 is 0 Å². The Morgan fingerprint density at radius 2 is 1.96 bits per heavy atom. The zero-order chi connectivity index (χ0) is 17.8. The van der Waals surface area contributed by atoms with Crippen molar-refractivity contribution in [1.82, 2.24) is 9.55 Å². The second-order valence-electron chi connectivity index (χ2n) is 5.88. The monoisotopic (exact) mass is 349 g/mol. The fourth-order valence-electron chi connectivity index (χ4n) is 2.71. The van der Waals surface area contributed by atoms with Crippen molar-refractivity contribution in [2.45, 2.75) is 31.8 Å². The van der Waals surface area contributed by atoms with E-state index in [1.807, 2.05) is 56.3 Å². The number of nitriles is 1. The molecule has 126 valence electrons. The first-order valence-corrected chi connectivity index (χ1v) is 9.20. The van der Waals surface area contributed by atoms with E-state index in [4.69, 9.17) is 10.2 Å². The van der Waals surface area contributed by atoms with Gasteiger partial charge in [-0.3, -0.25) is 9.36 Å². The van der Waals surface area contributed by atoms with E-state index >= 15 is 0 Å². The van der Waals surface area contributed by atoms with Gasteiger partial charge in [0.25, 0.3) is 5.56 Å². The molecule has 0 amide bonds. The highest BCUT2D eigenvalue weighted by molar-refractivity contribution is 7.99. The molecule has 3 aromatic rings. The van der Waals surface area contributed by atoms with E-state index in [0.717, 1.165) is 29.0 Å². The molecule has 1 aromatic heterocycles. The number of hydrogen-bond donors (Lipinski definition) is 0. The molecule has 0 saturated heterocycles. The standard InChI is InChI=1S/C20H19N3OS/c1-14-8-7-11-18(15(14)2)23-19(24)16-9-3-4-10-17(16)22-20(23)25-13-6-5-12-21/h3-4,7-11H,5-6,13H2,1-2H3. The van der Waals surface area contributed by atoms with Gasteiger partial charge in [0.15, 0.2) is 5.16 Å². The molecule has 0 radical (unpaired) electrons. The van der Waals surface area contributed by atoms with Crippen LogP contribution in [0.2, 0.25) is 0 Å². The van der Waals surface area contributed by atoms with E-state index in [9.17, 15) is 4.79 Å². The van der Waals surface area contributed by atoms with Gasteiger partial charge in [0, 0.05) is 12.2 Å². The number of thioether (sulfide) groups is 1. The zero-order valence-corrected chi connectivity index (χ0v) is 15.1. The average molecular weight is 349 g/mol. The molecule has 4 nitrogen and oxygen atoms in total. The first-order valence-electron chi connectivity index (χ1n) is 8.21. The summed E-state index contributed by atoms with van der Waals surface area (Å²) in [6.07, 6.45) is 1.28. The fraction of sp³-hybridized carbons (Fsp3) is 0.250. The normalized spacial score (nSPS) is 10.8. The Bertz CT molecular complexity index is 1020. The summed E-state index contributed by atoms with van der Waals surface area (Å²) in [7, 11) is 0. The minimum Gasteiger partial charge on any atom is -0.268 e. The van der Waals surface area contributed by atoms with Crippen LogP contribution in [0.3, 0.4) is 0 Å². The van der Waals surface area contributed by atoms with Crippen LogP contribution in [0, 0.1) is 25.2 Å². The van der Waals surface area contributed by atoms with Gasteiger partial charge in [-0.15, -0.1) is 0 Å². The third kappa shape index (κ3) is 3.45. The number of para-hydroxylation sites is 1. The summed E-state index contributed by atoms with van der Waals surface area (Å²) in [5.41, 5.74) is 3.73. The SMILES string of the molecule is Cc1cccc(-n2c(SCCCC#N)nc3ccccc3c2=O)c1C. The molecular formula is C20H19N3OS. The van der Waals surface area contributed by atoms with Crippen LogP contribution in [0.1, 0.15) is 24.0 Å². The maximum absolute atomic E-state index is 13.2. The lowest BCUT2D eigenvalue weighted by molar-refractivity contribution is 0.811. The van der Waals surface area contributed by atoms with Gasteiger partial charge in [-0.05, 0) is 49.6 Å². The molecule has 25 heavy (non-hydrogen) atoms.